The van der Waals surface area contributed by atoms with Crippen LogP contribution in [0.4, 0.5) is 0 Å². The van der Waals surface area contributed by atoms with Gasteiger partial charge >= 0.3 is 0 Å². The number of carbonyl (C=O) groups is 1. The Morgan fingerprint density at radius 3 is 1.70 bits per heavy atom. The number of carbonyl (C=O) groups excluding carboxylic acids is 1. The number of Topliss-reactive ketones (excluding diaryl/α,β-unsaturated/α-hetero) is 1. The molecule has 0 spiro atoms. The maximum Gasteiger partial charge on any atom is 0.159 e. The highest BCUT2D eigenvalue weighted by Gasteiger charge is 2.00. The number of unbranched alkanes of at least 4 members (excludes halogenated alkanes) is 3. The van der Waals surface area contributed by atoms with Crippen molar-refractivity contribution in [2.75, 3.05) is 7.11 Å². The molecular weight excluding hydrogens is 284 g/mol. The number of hydrogen-bond acceptors (Lipinski definition) is 2. The third kappa shape index (κ3) is 5.90. The highest BCUT2D eigenvalue weighted by Crippen LogP contribution is 2.15. The maximum absolute atomic E-state index is 11.2. The standard InChI is InChI=1S/C21H26O2/c1-17(22)20-13-9-18(10-14-20)7-5-3-4-6-8-19-11-15-21(23-2)16-12-19/h9-16H,3-8H2,1-2H3. The van der Waals surface area contributed by atoms with Crippen LogP contribution >= 0.6 is 0 Å². The van der Waals surface area contributed by atoms with Crippen molar-refractivity contribution in [3.63, 3.8) is 0 Å². The van der Waals surface area contributed by atoms with Gasteiger partial charge in [-0.1, -0.05) is 49.2 Å². The Morgan fingerprint density at radius 1 is 0.783 bits per heavy atom. The van der Waals surface area contributed by atoms with E-state index in [2.05, 4.69) is 24.3 Å². The summed E-state index contributed by atoms with van der Waals surface area (Å²) >= 11 is 0. The summed E-state index contributed by atoms with van der Waals surface area (Å²) < 4.78 is 5.17. The average Bonchev–Trinajstić information content (AvgIpc) is 2.59. The van der Waals surface area contributed by atoms with Gasteiger partial charge in [0, 0.05) is 5.56 Å². The van der Waals surface area contributed by atoms with Crippen molar-refractivity contribution in [3.05, 3.63) is 65.2 Å². The van der Waals surface area contributed by atoms with Crippen LogP contribution in [0.2, 0.25) is 0 Å². The minimum atomic E-state index is 0.134. The van der Waals surface area contributed by atoms with Gasteiger partial charge in [0.15, 0.2) is 5.78 Å². The Hall–Kier alpha value is -2.09. The van der Waals surface area contributed by atoms with E-state index in [9.17, 15) is 4.79 Å². The highest BCUT2D eigenvalue weighted by atomic mass is 16.5. The van der Waals surface area contributed by atoms with Crippen LogP contribution < -0.4 is 4.74 Å². The number of ether oxygens (including phenoxy) is 1. The molecule has 0 aliphatic carbocycles. The van der Waals surface area contributed by atoms with Gasteiger partial charge in [0.2, 0.25) is 0 Å². The summed E-state index contributed by atoms with van der Waals surface area (Å²) in [4.78, 5) is 11.2. The van der Waals surface area contributed by atoms with Gasteiger partial charge in [-0.3, -0.25) is 4.79 Å². The molecule has 0 radical (unpaired) electrons. The lowest BCUT2D eigenvalue weighted by Crippen LogP contribution is -1.93. The molecule has 0 bridgehead atoms. The first-order valence-corrected chi connectivity index (χ1v) is 8.42. The lowest BCUT2D eigenvalue weighted by Gasteiger charge is -2.05. The predicted octanol–water partition coefficient (Wildman–Crippen LogP) is 5.24. The first kappa shape index (κ1) is 17.3. The van der Waals surface area contributed by atoms with Gasteiger partial charge < -0.3 is 4.74 Å². The molecule has 0 saturated carbocycles. The van der Waals surface area contributed by atoms with E-state index in [4.69, 9.17) is 4.74 Å². The summed E-state index contributed by atoms with van der Waals surface area (Å²) in [5.41, 5.74) is 3.50. The molecule has 0 heterocycles. The monoisotopic (exact) mass is 310 g/mol. The Balaban J connectivity index is 1.60. The minimum absolute atomic E-state index is 0.134. The number of rotatable bonds is 9. The van der Waals surface area contributed by atoms with Crippen molar-refractivity contribution in [3.8, 4) is 5.75 Å². The van der Waals surface area contributed by atoms with Gasteiger partial charge in [-0.15, -0.1) is 0 Å². The zero-order chi connectivity index (χ0) is 16.5. The second-order valence-electron chi connectivity index (χ2n) is 6.02. The number of aryl methyl sites for hydroxylation is 2. The van der Waals surface area contributed by atoms with Gasteiger partial charge in [-0.05, 0) is 55.9 Å². The molecule has 23 heavy (non-hydrogen) atoms. The number of methoxy groups -OCH3 is 1. The lowest BCUT2D eigenvalue weighted by atomic mass is 10.0. The van der Waals surface area contributed by atoms with Gasteiger partial charge in [0.05, 0.1) is 7.11 Å². The fraction of sp³-hybridized carbons (Fsp3) is 0.381. The molecule has 0 aromatic heterocycles. The summed E-state index contributed by atoms with van der Waals surface area (Å²) in [5.74, 6) is 1.06. The van der Waals surface area contributed by atoms with Gasteiger partial charge in [-0.25, -0.2) is 0 Å². The van der Waals surface area contributed by atoms with Crippen LogP contribution in [-0.4, -0.2) is 12.9 Å². The van der Waals surface area contributed by atoms with Crippen LogP contribution in [0.15, 0.2) is 48.5 Å². The zero-order valence-electron chi connectivity index (χ0n) is 14.2. The van der Waals surface area contributed by atoms with Crippen LogP contribution in [0, 0.1) is 0 Å². The van der Waals surface area contributed by atoms with E-state index in [1.165, 1.54) is 36.8 Å². The van der Waals surface area contributed by atoms with Crippen LogP contribution in [0.3, 0.4) is 0 Å². The summed E-state index contributed by atoms with van der Waals surface area (Å²) in [5, 5.41) is 0. The van der Waals surface area contributed by atoms with Crippen molar-refractivity contribution in [1.82, 2.24) is 0 Å². The van der Waals surface area contributed by atoms with Crippen LogP contribution in [0.1, 0.15) is 54.1 Å². The minimum Gasteiger partial charge on any atom is -0.497 e. The van der Waals surface area contributed by atoms with Crippen LogP contribution in [-0.2, 0) is 12.8 Å². The quantitative estimate of drug-likeness (QED) is 0.467. The Kier molecular flexibility index (Phi) is 6.86. The second-order valence-corrected chi connectivity index (χ2v) is 6.02. The van der Waals surface area contributed by atoms with Gasteiger partial charge in [0.25, 0.3) is 0 Å². The molecule has 0 saturated heterocycles. The van der Waals surface area contributed by atoms with Crippen molar-refractivity contribution >= 4 is 5.78 Å². The highest BCUT2D eigenvalue weighted by molar-refractivity contribution is 5.93. The van der Waals surface area contributed by atoms with Crippen LogP contribution in [0.5, 0.6) is 5.75 Å². The zero-order valence-corrected chi connectivity index (χ0v) is 14.2. The Labute approximate surface area is 139 Å². The molecule has 2 nitrogen and oxygen atoms in total. The predicted molar refractivity (Wildman–Crippen MR) is 95.3 cm³/mol. The fourth-order valence-corrected chi connectivity index (χ4v) is 2.71. The maximum atomic E-state index is 11.2. The van der Waals surface area contributed by atoms with Gasteiger partial charge in [0.1, 0.15) is 5.75 Å². The molecule has 0 atom stereocenters. The third-order valence-corrected chi connectivity index (χ3v) is 4.20. The average molecular weight is 310 g/mol. The molecule has 0 fully saturated rings. The molecule has 2 heteroatoms. The molecule has 122 valence electrons. The van der Waals surface area contributed by atoms with E-state index in [0.717, 1.165) is 24.2 Å². The van der Waals surface area contributed by atoms with E-state index < -0.39 is 0 Å². The summed E-state index contributed by atoms with van der Waals surface area (Å²) in [6, 6.07) is 16.4. The molecule has 2 aromatic carbocycles. The molecule has 0 N–H and O–H groups in total. The lowest BCUT2D eigenvalue weighted by molar-refractivity contribution is 0.101. The molecule has 0 aliphatic rings. The topological polar surface area (TPSA) is 26.3 Å². The third-order valence-electron chi connectivity index (χ3n) is 4.20. The summed E-state index contributed by atoms with van der Waals surface area (Å²) in [7, 11) is 1.70. The summed E-state index contributed by atoms with van der Waals surface area (Å²) in [6.07, 6.45) is 7.19. The Bertz CT molecular complexity index is 597. The first-order valence-electron chi connectivity index (χ1n) is 8.42. The molecule has 0 unspecified atom stereocenters. The van der Waals surface area contributed by atoms with Crippen LogP contribution in [0.25, 0.3) is 0 Å². The number of hydrogen-bond donors (Lipinski definition) is 0. The largest absolute Gasteiger partial charge is 0.497 e. The van der Waals surface area contributed by atoms with Crippen molar-refractivity contribution in [2.24, 2.45) is 0 Å². The molecule has 2 aromatic rings. The molecular formula is C21H26O2. The normalized spacial score (nSPS) is 10.5. The van der Waals surface area contributed by atoms with E-state index >= 15 is 0 Å². The molecule has 2 rings (SSSR count). The van der Waals surface area contributed by atoms with E-state index in [0.29, 0.717) is 0 Å². The summed E-state index contributed by atoms with van der Waals surface area (Å²) in [6.45, 7) is 1.61. The molecule has 0 amide bonds. The number of ketones is 1. The van der Waals surface area contributed by atoms with E-state index in [-0.39, 0.29) is 5.78 Å². The van der Waals surface area contributed by atoms with Crippen molar-refractivity contribution in [2.45, 2.75) is 45.4 Å². The SMILES string of the molecule is COc1ccc(CCCCCCc2ccc(C(C)=O)cc2)cc1. The van der Waals surface area contributed by atoms with E-state index in [1.807, 2.05) is 24.3 Å². The first-order chi connectivity index (χ1) is 11.2. The van der Waals surface area contributed by atoms with Gasteiger partial charge in [-0.2, -0.15) is 0 Å². The Morgan fingerprint density at radius 2 is 1.26 bits per heavy atom. The van der Waals surface area contributed by atoms with Crippen molar-refractivity contribution in [1.29, 1.82) is 0 Å². The van der Waals surface area contributed by atoms with E-state index in [1.54, 1.807) is 14.0 Å². The molecule has 0 aliphatic heterocycles. The van der Waals surface area contributed by atoms with Crippen molar-refractivity contribution < 1.29 is 9.53 Å². The fourth-order valence-electron chi connectivity index (χ4n) is 2.71. The smallest absolute Gasteiger partial charge is 0.159 e. The second kappa shape index (κ2) is 9.14. The number of benzene rings is 2.